The van der Waals surface area contributed by atoms with Crippen LogP contribution in [0.3, 0.4) is 0 Å². The van der Waals surface area contributed by atoms with E-state index in [2.05, 4.69) is 10.6 Å². The van der Waals surface area contributed by atoms with Crippen LogP contribution in [0.5, 0.6) is 0 Å². The second-order valence-electron chi connectivity index (χ2n) is 4.07. The Kier molecular flexibility index (Phi) is 3.33. The van der Waals surface area contributed by atoms with Gasteiger partial charge in [-0.15, -0.1) is 0 Å². The Morgan fingerprint density at radius 2 is 2.27 bits per heavy atom. The molecule has 0 aromatic carbocycles. The summed E-state index contributed by atoms with van der Waals surface area (Å²) in [7, 11) is 0. The average molecular weight is 212 g/mol. The first kappa shape index (κ1) is 10.6. The molecule has 2 fully saturated rings. The molecule has 5 heteroatoms. The Morgan fingerprint density at radius 3 is 2.87 bits per heavy atom. The summed E-state index contributed by atoms with van der Waals surface area (Å²) in [5.74, 6) is -0.405. The van der Waals surface area contributed by atoms with Crippen molar-refractivity contribution in [3.8, 4) is 0 Å². The fourth-order valence-electron chi connectivity index (χ4n) is 1.96. The molecule has 0 saturated carbocycles. The van der Waals surface area contributed by atoms with Crippen molar-refractivity contribution in [2.24, 2.45) is 0 Å². The highest BCUT2D eigenvalue weighted by Gasteiger charge is 2.30. The third-order valence-corrected chi connectivity index (χ3v) is 2.83. The summed E-state index contributed by atoms with van der Waals surface area (Å²) in [6.45, 7) is 1.47. The third-order valence-electron chi connectivity index (χ3n) is 2.83. The number of carbonyl (C=O) groups is 2. The van der Waals surface area contributed by atoms with E-state index in [1.54, 1.807) is 0 Å². The molecule has 15 heavy (non-hydrogen) atoms. The van der Waals surface area contributed by atoms with Crippen LogP contribution in [-0.2, 0) is 14.3 Å². The predicted molar refractivity (Wildman–Crippen MR) is 53.1 cm³/mol. The van der Waals surface area contributed by atoms with Crippen LogP contribution in [0.25, 0.3) is 0 Å². The van der Waals surface area contributed by atoms with Gasteiger partial charge in [0.1, 0.15) is 0 Å². The Bertz CT molecular complexity index is 261. The lowest BCUT2D eigenvalue weighted by Crippen LogP contribution is -2.41. The molecule has 0 aromatic heterocycles. The van der Waals surface area contributed by atoms with E-state index < -0.39 is 0 Å². The summed E-state index contributed by atoms with van der Waals surface area (Å²) >= 11 is 0. The van der Waals surface area contributed by atoms with Gasteiger partial charge in [0, 0.05) is 13.2 Å². The van der Waals surface area contributed by atoms with Gasteiger partial charge in [-0.05, 0) is 19.3 Å². The zero-order valence-corrected chi connectivity index (χ0v) is 8.62. The number of ether oxygens (including phenoxy) is 1. The van der Waals surface area contributed by atoms with E-state index in [0.717, 1.165) is 19.4 Å². The molecule has 0 aromatic rings. The molecule has 2 atom stereocenters. The molecule has 84 valence electrons. The highest BCUT2D eigenvalue weighted by atomic mass is 16.5. The molecule has 2 aliphatic heterocycles. The first-order chi connectivity index (χ1) is 7.25. The van der Waals surface area contributed by atoms with E-state index in [4.69, 9.17) is 4.74 Å². The summed E-state index contributed by atoms with van der Waals surface area (Å²) in [4.78, 5) is 22.1. The molecule has 2 amide bonds. The molecule has 0 radical (unpaired) electrons. The molecule has 5 nitrogen and oxygen atoms in total. The van der Waals surface area contributed by atoms with Crippen molar-refractivity contribution in [1.82, 2.24) is 10.6 Å². The van der Waals surface area contributed by atoms with Crippen molar-refractivity contribution >= 4 is 11.8 Å². The van der Waals surface area contributed by atoms with Gasteiger partial charge < -0.3 is 10.1 Å². The van der Waals surface area contributed by atoms with Crippen molar-refractivity contribution in [3.63, 3.8) is 0 Å². The fraction of sp³-hybridized carbons (Fsp3) is 0.800. The van der Waals surface area contributed by atoms with Gasteiger partial charge >= 0.3 is 0 Å². The molecule has 2 aliphatic rings. The van der Waals surface area contributed by atoms with Crippen LogP contribution in [0.1, 0.15) is 25.7 Å². The van der Waals surface area contributed by atoms with Crippen LogP contribution in [0.15, 0.2) is 0 Å². The monoisotopic (exact) mass is 212 g/mol. The number of imide groups is 1. The lowest BCUT2D eigenvalue weighted by Gasteiger charge is -2.23. The highest BCUT2D eigenvalue weighted by Crippen LogP contribution is 2.12. The highest BCUT2D eigenvalue weighted by molar-refractivity contribution is 6.05. The van der Waals surface area contributed by atoms with Gasteiger partial charge in [0.2, 0.25) is 11.8 Å². The molecule has 0 aliphatic carbocycles. The minimum absolute atomic E-state index is 0.193. The standard InChI is InChI=1S/C10H16N2O3/c13-9-5-8(10(14)12-9)11-6-7-3-1-2-4-15-7/h7-8,11H,1-6H2,(H,12,13,14)/t7-,8-/m0/s1. The first-order valence-corrected chi connectivity index (χ1v) is 5.44. The van der Waals surface area contributed by atoms with Gasteiger partial charge in [0.15, 0.2) is 0 Å². The van der Waals surface area contributed by atoms with E-state index in [9.17, 15) is 9.59 Å². The van der Waals surface area contributed by atoms with Gasteiger partial charge in [-0.1, -0.05) is 0 Å². The Labute approximate surface area is 88.5 Å². The zero-order valence-electron chi connectivity index (χ0n) is 8.62. The number of nitrogens with one attached hydrogen (secondary N) is 2. The number of hydrogen-bond acceptors (Lipinski definition) is 4. The Morgan fingerprint density at radius 1 is 1.40 bits per heavy atom. The predicted octanol–water partition coefficient (Wildman–Crippen LogP) is -0.440. The normalized spacial score (nSPS) is 31.7. The van der Waals surface area contributed by atoms with Crippen molar-refractivity contribution in [1.29, 1.82) is 0 Å². The van der Waals surface area contributed by atoms with E-state index in [-0.39, 0.29) is 30.4 Å². The fourth-order valence-corrected chi connectivity index (χ4v) is 1.96. The van der Waals surface area contributed by atoms with Gasteiger partial charge in [0.25, 0.3) is 0 Å². The maximum atomic E-state index is 11.2. The molecular weight excluding hydrogens is 196 g/mol. The molecule has 2 rings (SSSR count). The molecule has 0 bridgehead atoms. The molecule has 2 N–H and O–H groups in total. The molecular formula is C10H16N2O3. The van der Waals surface area contributed by atoms with E-state index in [1.165, 1.54) is 6.42 Å². The van der Waals surface area contributed by atoms with Gasteiger partial charge in [-0.3, -0.25) is 14.9 Å². The summed E-state index contributed by atoms with van der Waals surface area (Å²) in [6, 6.07) is -0.358. The van der Waals surface area contributed by atoms with Crippen molar-refractivity contribution < 1.29 is 14.3 Å². The van der Waals surface area contributed by atoms with Crippen LogP contribution in [-0.4, -0.2) is 37.1 Å². The number of rotatable bonds is 3. The van der Waals surface area contributed by atoms with Gasteiger partial charge in [0.05, 0.1) is 18.6 Å². The second-order valence-corrected chi connectivity index (χ2v) is 4.07. The van der Waals surface area contributed by atoms with Gasteiger partial charge in [-0.2, -0.15) is 0 Å². The van der Waals surface area contributed by atoms with Crippen molar-refractivity contribution in [3.05, 3.63) is 0 Å². The van der Waals surface area contributed by atoms with Gasteiger partial charge in [-0.25, -0.2) is 0 Å². The quantitative estimate of drug-likeness (QED) is 0.622. The first-order valence-electron chi connectivity index (χ1n) is 5.44. The summed E-state index contributed by atoms with van der Waals surface area (Å²) in [6.07, 6.45) is 3.80. The summed E-state index contributed by atoms with van der Waals surface area (Å²) < 4.78 is 5.52. The Balaban J connectivity index is 1.73. The van der Waals surface area contributed by atoms with E-state index in [1.807, 2.05) is 0 Å². The lowest BCUT2D eigenvalue weighted by molar-refractivity contribution is -0.125. The van der Waals surface area contributed by atoms with Crippen LogP contribution in [0, 0.1) is 0 Å². The minimum atomic E-state index is -0.358. The zero-order chi connectivity index (χ0) is 10.7. The van der Waals surface area contributed by atoms with Crippen molar-refractivity contribution in [2.45, 2.75) is 37.8 Å². The van der Waals surface area contributed by atoms with Crippen molar-refractivity contribution in [2.75, 3.05) is 13.2 Å². The van der Waals surface area contributed by atoms with E-state index >= 15 is 0 Å². The smallest absolute Gasteiger partial charge is 0.244 e. The van der Waals surface area contributed by atoms with Crippen LogP contribution in [0.4, 0.5) is 0 Å². The number of amides is 2. The number of carbonyl (C=O) groups excluding carboxylic acids is 2. The van der Waals surface area contributed by atoms with Crippen LogP contribution >= 0.6 is 0 Å². The molecule has 2 heterocycles. The SMILES string of the molecule is O=C1C[C@H](NC[C@@H]2CCCCO2)C(=O)N1. The van der Waals surface area contributed by atoms with E-state index in [0.29, 0.717) is 6.54 Å². The molecule has 0 spiro atoms. The third kappa shape index (κ3) is 2.76. The van der Waals surface area contributed by atoms with Crippen LogP contribution in [0.2, 0.25) is 0 Å². The Hall–Kier alpha value is -0.940. The summed E-state index contributed by atoms with van der Waals surface area (Å²) in [5, 5.41) is 5.35. The topological polar surface area (TPSA) is 67.4 Å². The minimum Gasteiger partial charge on any atom is -0.377 e. The second kappa shape index (κ2) is 4.72. The molecule has 0 unspecified atom stereocenters. The molecule has 2 saturated heterocycles. The van der Waals surface area contributed by atoms with Crippen LogP contribution < -0.4 is 10.6 Å². The largest absolute Gasteiger partial charge is 0.377 e. The lowest BCUT2D eigenvalue weighted by atomic mass is 10.1. The average Bonchev–Trinajstić information content (AvgIpc) is 2.56. The summed E-state index contributed by atoms with van der Waals surface area (Å²) in [5.41, 5.74) is 0. The maximum Gasteiger partial charge on any atom is 0.244 e. The maximum absolute atomic E-state index is 11.2. The number of hydrogen-bond donors (Lipinski definition) is 2.